The van der Waals surface area contributed by atoms with Gasteiger partial charge in [-0.15, -0.1) is 11.3 Å². The molecule has 2 heterocycles. The highest BCUT2D eigenvalue weighted by Gasteiger charge is 2.29. The molecule has 0 unspecified atom stereocenters. The third-order valence-corrected chi connectivity index (χ3v) is 5.76. The fourth-order valence-electron chi connectivity index (χ4n) is 3.29. The minimum absolute atomic E-state index is 0.0437. The Morgan fingerprint density at radius 2 is 1.41 bits per heavy atom. The summed E-state index contributed by atoms with van der Waals surface area (Å²) in [6, 6.07) is 16.7. The summed E-state index contributed by atoms with van der Waals surface area (Å²) in [6.07, 6.45) is 0. The average Bonchev–Trinajstić information content (AvgIpc) is 3.17. The second-order valence-corrected chi connectivity index (χ2v) is 7.34. The number of ketones is 1. The molecule has 1 fully saturated rings. The normalized spacial score (nSPS) is 14.4. The molecule has 2 aromatic carbocycles. The van der Waals surface area contributed by atoms with Gasteiger partial charge >= 0.3 is 0 Å². The molecular weight excluding hydrogens is 360 g/mol. The molecule has 4 rings (SSSR count). The summed E-state index contributed by atoms with van der Waals surface area (Å²) < 4.78 is 0.993. The van der Waals surface area contributed by atoms with Crippen LogP contribution in [0.4, 0.5) is 0 Å². The Labute approximate surface area is 160 Å². The first-order valence-electron chi connectivity index (χ1n) is 8.79. The number of hydrogen-bond donors (Lipinski definition) is 0. The third kappa shape index (κ3) is 3.36. The number of hydrogen-bond acceptors (Lipinski definition) is 4. The quantitative estimate of drug-likeness (QED) is 0.520. The van der Waals surface area contributed by atoms with Crippen LogP contribution in [0.3, 0.4) is 0 Å². The van der Waals surface area contributed by atoms with Crippen LogP contribution in [0, 0.1) is 0 Å². The van der Waals surface area contributed by atoms with Crippen molar-refractivity contribution in [2.75, 3.05) is 26.2 Å². The van der Waals surface area contributed by atoms with E-state index < -0.39 is 11.7 Å². The Kier molecular flexibility index (Phi) is 4.73. The van der Waals surface area contributed by atoms with E-state index in [-0.39, 0.29) is 5.91 Å². The summed E-state index contributed by atoms with van der Waals surface area (Å²) >= 11 is 1.46. The molecule has 0 aliphatic carbocycles. The minimum Gasteiger partial charge on any atom is -0.335 e. The van der Waals surface area contributed by atoms with Gasteiger partial charge in [0.25, 0.3) is 17.6 Å². The summed E-state index contributed by atoms with van der Waals surface area (Å²) in [5.41, 5.74) is 1.10. The fourth-order valence-corrected chi connectivity index (χ4v) is 4.23. The number of carbonyl (C=O) groups excluding carboxylic acids is 3. The molecule has 0 spiro atoms. The molecule has 0 atom stereocenters. The van der Waals surface area contributed by atoms with E-state index in [1.165, 1.54) is 11.3 Å². The molecule has 1 aliphatic rings. The molecule has 0 radical (unpaired) electrons. The highest BCUT2D eigenvalue weighted by atomic mass is 32.1. The molecule has 0 N–H and O–H groups in total. The number of fused-ring (bicyclic) bond motifs is 1. The second-order valence-electron chi connectivity index (χ2n) is 6.43. The van der Waals surface area contributed by atoms with Crippen LogP contribution in [0.25, 0.3) is 10.1 Å². The number of nitrogens with zero attached hydrogens (tertiary/aromatic N) is 2. The van der Waals surface area contributed by atoms with Crippen LogP contribution >= 0.6 is 11.3 Å². The van der Waals surface area contributed by atoms with Gasteiger partial charge in [-0.05, 0) is 18.2 Å². The van der Waals surface area contributed by atoms with E-state index in [9.17, 15) is 14.4 Å². The molecular formula is C21H18N2O3S. The zero-order chi connectivity index (χ0) is 18.8. The van der Waals surface area contributed by atoms with Gasteiger partial charge in [0.05, 0.1) is 0 Å². The van der Waals surface area contributed by atoms with Gasteiger partial charge in [0.2, 0.25) is 0 Å². The van der Waals surface area contributed by atoms with Crippen molar-refractivity contribution in [1.29, 1.82) is 0 Å². The molecule has 1 aromatic heterocycles. The standard InChI is InChI=1S/C21H18N2O3S/c24-19(17-14-27-18-9-5-4-8-16(17)18)21(26)23-12-10-22(11-13-23)20(25)15-6-2-1-3-7-15/h1-9,14H,10-13H2. The SMILES string of the molecule is O=C(C(=O)N1CCN(C(=O)c2ccccc2)CC1)c1csc2ccccc12. The first-order chi connectivity index (χ1) is 13.1. The van der Waals surface area contributed by atoms with Crippen LogP contribution < -0.4 is 0 Å². The number of benzene rings is 2. The molecule has 0 bridgehead atoms. The van der Waals surface area contributed by atoms with E-state index in [1.54, 1.807) is 27.3 Å². The van der Waals surface area contributed by atoms with Crippen molar-refractivity contribution >= 4 is 39.0 Å². The fraction of sp³-hybridized carbons (Fsp3) is 0.190. The van der Waals surface area contributed by atoms with Gasteiger partial charge in [-0.2, -0.15) is 0 Å². The van der Waals surface area contributed by atoms with E-state index in [0.717, 1.165) is 10.1 Å². The average molecular weight is 378 g/mol. The largest absolute Gasteiger partial charge is 0.335 e. The lowest BCUT2D eigenvalue weighted by Gasteiger charge is -2.34. The lowest BCUT2D eigenvalue weighted by atomic mass is 10.1. The maximum atomic E-state index is 12.7. The molecule has 5 nitrogen and oxygen atoms in total. The van der Waals surface area contributed by atoms with Gasteiger partial charge in [0.1, 0.15) is 0 Å². The zero-order valence-corrected chi connectivity index (χ0v) is 15.4. The summed E-state index contributed by atoms with van der Waals surface area (Å²) in [6.45, 7) is 1.59. The Morgan fingerprint density at radius 1 is 0.778 bits per heavy atom. The van der Waals surface area contributed by atoms with E-state index in [2.05, 4.69) is 0 Å². The van der Waals surface area contributed by atoms with Crippen molar-refractivity contribution < 1.29 is 14.4 Å². The number of thiophene rings is 1. The number of piperazine rings is 1. The Balaban J connectivity index is 1.43. The highest BCUT2D eigenvalue weighted by molar-refractivity contribution is 7.17. The first kappa shape index (κ1) is 17.4. The van der Waals surface area contributed by atoms with Gasteiger partial charge in [-0.1, -0.05) is 36.4 Å². The predicted octanol–water partition coefficient (Wildman–Crippen LogP) is 3.07. The van der Waals surface area contributed by atoms with Gasteiger partial charge < -0.3 is 9.80 Å². The van der Waals surface area contributed by atoms with Crippen molar-refractivity contribution in [3.05, 3.63) is 71.1 Å². The Morgan fingerprint density at radius 3 is 2.15 bits per heavy atom. The number of Topliss-reactive ketones (excluding diaryl/α,β-unsaturated/α-hetero) is 1. The third-order valence-electron chi connectivity index (χ3n) is 4.79. The first-order valence-corrected chi connectivity index (χ1v) is 9.67. The summed E-state index contributed by atoms with van der Waals surface area (Å²) in [4.78, 5) is 41.1. The molecule has 2 amide bonds. The van der Waals surface area contributed by atoms with E-state index in [1.807, 2.05) is 42.5 Å². The van der Waals surface area contributed by atoms with Crippen molar-refractivity contribution in [2.45, 2.75) is 0 Å². The second kappa shape index (κ2) is 7.32. The topological polar surface area (TPSA) is 57.7 Å². The van der Waals surface area contributed by atoms with Crippen molar-refractivity contribution in [3.8, 4) is 0 Å². The Bertz CT molecular complexity index is 1000. The van der Waals surface area contributed by atoms with Crippen molar-refractivity contribution in [3.63, 3.8) is 0 Å². The molecule has 27 heavy (non-hydrogen) atoms. The maximum absolute atomic E-state index is 12.7. The molecule has 0 saturated carbocycles. The summed E-state index contributed by atoms with van der Waals surface area (Å²) in [5, 5.41) is 2.57. The molecule has 6 heteroatoms. The monoisotopic (exact) mass is 378 g/mol. The van der Waals surface area contributed by atoms with Crippen LogP contribution in [0.2, 0.25) is 0 Å². The van der Waals surface area contributed by atoms with Gasteiger partial charge in [0.15, 0.2) is 0 Å². The van der Waals surface area contributed by atoms with Crippen LogP contribution in [-0.2, 0) is 4.79 Å². The summed E-state index contributed by atoms with van der Waals surface area (Å²) in [5.74, 6) is -1.02. The smallest absolute Gasteiger partial charge is 0.295 e. The lowest BCUT2D eigenvalue weighted by Crippen LogP contribution is -2.52. The minimum atomic E-state index is -0.495. The molecule has 1 saturated heterocycles. The molecule has 1 aliphatic heterocycles. The van der Waals surface area contributed by atoms with Crippen LogP contribution in [0.5, 0.6) is 0 Å². The summed E-state index contributed by atoms with van der Waals surface area (Å²) in [7, 11) is 0. The number of rotatable bonds is 3. The zero-order valence-electron chi connectivity index (χ0n) is 14.6. The van der Waals surface area contributed by atoms with Gasteiger partial charge in [-0.3, -0.25) is 14.4 Å². The van der Waals surface area contributed by atoms with E-state index in [0.29, 0.717) is 37.3 Å². The Hall–Kier alpha value is -2.99. The van der Waals surface area contributed by atoms with Gasteiger partial charge in [-0.25, -0.2) is 0 Å². The van der Waals surface area contributed by atoms with Crippen LogP contribution in [0.15, 0.2) is 60.0 Å². The van der Waals surface area contributed by atoms with Gasteiger partial charge in [0, 0.05) is 52.8 Å². The predicted molar refractivity (Wildman–Crippen MR) is 105 cm³/mol. The van der Waals surface area contributed by atoms with Crippen LogP contribution in [0.1, 0.15) is 20.7 Å². The highest BCUT2D eigenvalue weighted by Crippen LogP contribution is 2.26. The molecule has 136 valence electrons. The van der Waals surface area contributed by atoms with E-state index in [4.69, 9.17) is 0 Å². The maximum Gasteiger partial charge on any atom is 0.295 e. The van der Waals surface area contributed by atoms with E-state index >= 15 is 0 Å². The lowest BCUT2D eigenvalue weighted by molar-refractivity contribution is -0.127. The molecule has 3 aromatic rings. The number of carbonyl (C=O) groups is 3. The number of amides is 2. The van der Waals surface area contributed by atoms with Crippen molar-refractivity contribution in [1.82, 2.24) is 9.80 Å². The van der Waals surface area contributed by atoms with Crippen LogP contribution in [-0.4, -0.2) is 53.6 Å². The van der Waals surface area contributed by atoms with Crippen molar-refractivity contribution in [2.24, 2.45) is 0 Å².